The Balaban J connectivity index is 0.000000164. The molecule has 3 aromatic carbocycles. The summed E-state index contributed by atoms with van der Waals surface area (Å²) in [7, 11) is 0. The molecule has 0 radical (unpaired) electrons. The van der Waals surface area contributed by atoms with Crippen molar-refractivity contribution in [3.63, 3.8) is 0 Å². The maximum Gasteiger partial charge on any atom is 0.433 e. The number of aromatic nitrogens is 1. The second-order valence-corrected chi connectivity index (χ2v) is 13.8. The predicted molar refractivity (Wildman–Crippen MR) is 193 cm³/mol. The summed E-state index contributed by atoms with van der Waals surface area (Å²) in [5.41, 5.74) is 2.33. The van der Waals surface area contributed by atoms with Crippen molar-refractivity contribution >= 4 is 23.2 Å². The van der Waals surface area contributed by atoms with E-state index < -0.39 is 17.8 Å². The van der Waals surface area contributed by atoms with Crippen LogP contribution in [0.3, 0.4) is 0 Å². The van der Waals surface area contributed by atoms with E-state index in [1.807, 2.05) is 43.3 Å². The van der Waals surface area contributed by atoms with Crippen molar-refractivity contribution in [2.45, 2.75) is 62.1 Å². The molecular formula is C40H42F3N5O5. The fourth-order valence-electron chi connectivity index (χ4n) is 7.24. The lowest BCUT2D eigenvalue weighted by atomic mass is 9.81. The molecule has 4 bridgehead atoms. The van der Waals surface area contributed by atoms with Crippen LogP contribution in [0.5, 0.6) is 5.75 Å². The van der Waals surface area contributed by atoms with Gasteiger partial charge in [0.25, 0.3) is 11.8 Å². The van der Waals surface area contributed by atoms with Crippen molar-refractivity contribution in [3.8, 4) is 5.75 Å². The summed E-state index contributed by atoms with van der Waals surface area (Å²) in [6, 6.07) is 25.3. The predicted octanol–water partition coefficient (Wildman–Crippen LogP) is 6.65. The lowest BCUT2D eigenvalue weighted by molar-refractivity contribution is -0.141. The second-order valence-electron chi connectivity index (χ2n) is 13.8. The normalized spacial score (nSPS) is 24.5. The summed E-state index contributed by atoms with van der Waals surface area (Å²) in [5.74, 6) is 0.0171. The Kier molecular flexibility index (Phi) is 10.5. The van der Waals surface area contributed by atoms with Crippen LogP contribution in [0, 0.1) is 0 Å². The summed E-state index contributed by atoms with van der Waals surface area (Å²) < 4.78 is 55.8. The van der Waals surface area contributed by atoms with Gasteiger partial charge in [-0.05, 0) is 104 Å². The molecule has 7 heterocycles. The van der Waals surface area contributed by atoms with Gasteiger partial charge in [-0.25, -0.2) is 0 Å². The molecule has 0 saturated carbocycles. The number of benzene rings is 3. The lowest BCUT2D eigenvalue weighted by Crippen LogP contribution is -2.57. The van der Waals surface area contributed by atoms with Crippen LogP contribution >= 0.6 is 0 Å². The molecule has 0 spiro atoms. The van der Waals surface area contributed by atoms with Crippen molar-refractivity contribution in [3.05, 3.63) is 119 Å². The van der Waals surface area contributed by atoms with E-state index in [2.05, 4.69) is 38.4 Å². The van der Waals surface area contributed by atoms with Crippen molar-refractivity contribution in [2.75, 3.05) is 43.5 Å². The van der Waals surface area contributed by atoms with Crippen LogP contribution in [0.15, 0.2) is 91.1 Å². The molecule has 4 unspecified atom stereocenters. The van der Waals surface area contributed by atoms with Crippen LogP contribution in [0.4, 0.5) is 24.5 Å². The Labute approximate surface area is 305 Å². The number of nitrogens with one attached hydrogen (secondary N) is 4. The standard InChI is InChI=1S/C21H24N2O3.C19H18F3N3O2/c1-2-25-19-9-3-15(4-10-19)20(24)23-17-7-5-16(6-8-17)21-12-11-18(13-26-21)22-14-21;20-19(21,22)16-9-12(6-8-23-16)17(26)25-14-3-1-13(2-4-14)18-7-5-15(10-27-18)24-11-18/h3-10,18,22H,2,11-14H2,1H3,(H,23,24);1-4,6,8-9,15,24H,5,7,10-11H2,(H,25,26). The molecule has 13 heteroatoms. The number of morpholine rings is 2. The second kappa shape index (κ2) is 15.3. The molecule has 10 rings (SSSR count). The molecule has 6 fully saturated rings. The number of alkyl halides is 3. The maximum absolute atomic E-state index is 12.7. The van der Waals surface area contributed by atoms with Gasteiger partial charge in [0.15, 0.2) is 0 Å². The van der Waals surface area contributed by atoms with E-state index in [1.54, 1.807) is 24.3 Å². The molecule has 53 heavy (non-hydrogen) atoms. The van der Waals surface area contributed by atoms with E-state index in [1.165, 1.54) is 11.6 Å². The van der Waals surface area contributed by atoms with Gasteiger partial charge >= 0.3 is 6.18 Å². The van der Waals surface area contributed by atoms with E-state index >= 15 is 0 Å². The van der Waals surface area contributed by atoms with Crippen LogP contribution in [-0.2, 0) is 26.9 Å². The average Bonchev–Trinajstić information content (AvgIpc) is 3.20. The maximum atomic E-state index is 12.7. The number of piperidine rings is 2. The highest BCUT2D eigenvalue weighted by atomic mass is 19.4. The minimum absolute atomic E-state index is 0.0990. The van der Waals surface area contributed by atoms with Gasteiger partial charge in [0.2, 0.25) is 0 Å². The first kappa shape index (κ1) is 36.5. The molecule has 0 aliphatic carbocycles. The van der Waals surface area contributed by atoms with E-state index in [0.717, 1.165) is 74.6 Å². The SMILES string of the molecule is CCOc1ccc(C(=O)Nc2ccc(C34CCC(CO3)NC4)cc2)cc1.O=C(Nc1ccc(C23CCC(CO2)NC3)cc1)c1ccnc(C(F)(F)F)c1. The number of hydrogen-bond donors (Lipinski definition) is 4. The van der Waals surface area contributed by atoms with Crippen LogP contribution in [0.1, 0.15) is 70.1 Å². The fourth-order valence-corrected chi connectivity index (χ4v) is 7.24. The average molecular weight is 730 g/mol. The Hall–Kier alpha value is -4.82. The van der Waals surface area contributed by atoms with E-state index in [9.17, 15) is 22.8 Å². The largest absolute Gasteiger partial charge is 0.494 e. The monoisotopic (exact) mass is 729 g/mol. The van der Waals surface area contributed by atoms with Crippen LogP contribution in [0.2, 0.25) is 0 Å². The number of halogens is 3. The summed E-state index contributed by atoms with van der Waals surface area (Å²) in [6.07, 6.45) is 0.572. The highest BCUT2D eigenvalue weighted by molar-refractivity contribution is 6.05. The summed E-state index contributed by atoms with van der Waals surface area (Å²) in [4.78, 5) is 27.9. The summed E-state index contributed by atoms with van der Waals surface area (Å²) in [6.45, 7) is 5.61. The topological polar surface area (TPSA) is 123 Å². The molecule has 4 atom stereocenters. The van der Waals surface area contributed by atoms with Gasteiger partial charge in [-0.2, -0.15) is 13.2 Å². The number of pyridine rings is 1. The number of fused-ring (bicyclic) bond motifs is 6. The fraction of sp³-hybridized carbons (Fsp3) is 0.375. The van der Waals surface area contributed by atoms with Crippen LogP contribution in [0.25, 0.3) is 0 Å². The first-order valence-corrected chi connectivity index (χ1v) is 17.9. The molecule has 6 aliphatic rings. The first-order chi connectivity index (χ1) is 25.5. The lowest BCUT2D eigenvalue weighted by Gasteiger charge is -2.47. The minimum Gasteiger partial charge on any atom is -0.494 e. The third kappa shape index (κ3) is 8.23. The Morgan fingerprint density at radius 2 is 1.28 bits per heavy atom. The number of anilines is 2. The number of carbonyl (C=O) groups excluding carboxylic acids is 2. The highest BCUT2D eigenvalue weighted by Gasteiger charge is 2.44. The Bertz CT molecular complexity index is 1860. The Morgan fingerprint density at radius 3 is 1.70 bits per heavy atom. The number of carbonyl (C=O) groups is 2. The number of ether oxygens (including phenoxy) is 3. The van der Waals surface area contributed by atoms with Gasteiger partial charge in [-0.15, -0.1) is 0 Å². The third-order valence-electron chi connectivity index (χ3n) is 10.3. The highest BCUT2D eigenvalue weighted by Crippen LogP contribution is 2.40. The van der Waals surface area contributed by atoms with Gasteiger partial charge in [-0.3, -0.25) is 14.6 Å². The van der Waals surface area contributed by atoms with Crippen molar-refractivity contribution < 1.29 is 37.0 Å². The van der Waals surface area contributed by atoms with Gasteiger partial charge in [-0.1, -0.05) is 24.3 Å². The molecule has 2 amide bonds. The number of hydrogen-bond acceptors (Lipinski definition) is 8. The zero-order valence-electron chi connectivity index (χ0n) is 29.3. The molecule has 6 aliphatic heterocycles. The van der Waals surface area contributed by atoms with Crippen LogP contribution < -0.4 is 26.0 Å². The molecule has 10 nitrogen and oxygen atoms in total. The quantitative estimate of drug-likeness (QED) is 0.159. The zero-order chi connectivity index (χ0) is 37.1. The van der Waals surface area contributed by atoms with Crippen molar-refractivity contribution in [1.29, 1.82) is 0 Å². The van der Waals surface area contributed by atoms with E-state index in [-0.39, 0.29) is 22.7 Å². The molecule has 1 aromatic heterocycles. The van der Waals surface area contributed by atoms with E-state index in [4.69, 9.17) is 14.2 Å². The molecule has 6 saturated heterocycles. The molecule has 4 N–H and O–H groups in total. The van der Waals surface area contributed by atoms with Crippen molar-refractivity contribution in [1.82, 2.24) is 15.6 Å². The minimum atomic E-state index is -4.59. The van der Waals surface area contributed by atoms with Crippen LogP contribution in [-0.4, -0.2) is 61.8 Å². The van der Waals surface area contributed by atoms with Gasteiger partial charge in [0, 0.05) is 53.9 Å². The van der Waals surface area contributed by atoms with E-state index in [0.29, 0.717) is 36.5 Å². The van der Waals surface area contributed by atoms with Crippen molar-refractivity contribution in [2.24, 2.45) is 0 Å². The van der Waals surface area contributed by atoms with Gasteiger partial charge in [0.05, 0.1) is 19.8 Å². The van der Waals surface area contributed by atoms with Gasteiger partial charge in [0.1, 0.15) is 22.6 Å². The smallest absolute Gasteiger partial charge is 0.433 e. The summed E-state index contributed by atoms with van der Waals surface area (Å²) >= 11 is 0. The number of amides is 2. The third-order valence-corrected chi connectivity index (χ3v) is 10.3. The molecular weight excluding hydrogens is 687 g/mol. The number of rotatable bonds is 8. The van der Waals surface area contributed by atoms with Gasteiger partial charge < -0.3 is 35.5 Å². The number of nitrogens with zero attached hydrogens (tertiary/aromatic N) is 1. The molecule has 4 aromatic rings. The first-order valence-electron chi connectivity index (χ1n) is 17.9. The molecule has 278 valence electrons. The summed E-state index contributed by atoms with van der Waals surface area (Å²) in [5, 5.41) is 12.5. The Morgan fingerprint density at radius 1 is 0.774 bits per heavy atom. The zero-order valence-corrected chi connectivity index (χ0v) is 29.3.